The maximum atomic E-state index is 12.5. The molecular weight excluding hydrogens is 147 g/mol. The second-order valence-electron chi connectivity index (χ2n) is 2.29. The Morgan fingerprint density at radius 3 is 2.91 bits per heavy atom. The fraction of sp³-hybridized carbons (Fsp3) is 0.286. The summed E-state index contributed by atoms with van der Waals surface area (Å²) in [7, 11) is 0. The lowest BCUT2D eigenvalue weighted by atomic mass is 10.1. The molecule has 0 aliphatic heterocycles. The van der Waals surface area contributed by atoms with Crippen molar-refractivity contribution in [3.05, 3.63) is 29.8 Å². The first-order chi connectivity index (χ1) is 5.24. The first-order valence-corrected chi connectivity index (χ1v) is 3.24. The Morgan fingerprint density at radius 2 is 2.36 bits per heavy atom. The van der Waals surface area contributed by atoms with Crippen LogP contribution >= 0.6 is 0 Å². The van der Waals surface area contributed by atoms with Gasteiger partial charge in [0.1, 0.15) is 5.82 Å². The summed E-state index contributed by atoms with van der Waals surface area (Å²) in [5.74, 6) is -0.399. The normalized spacial score (nSPS) is 13.0. The molecule has 1 rings (SSSR count). The van der Waals surface area contributed by atoms with Gasteiger partial charge >= 0.3 is 0 Å². The van der Waals surface area contributed by atoms with Crippen molar-refractivity contribution < 1.29 is 9.60 Å². The molecule has 1 atom stereocenters. The van der Waals surface area contributed by atoms with Gasteiger partial charge in [-0.05, 0) is 18.6 Å². The number of halogens is 1. The minimum atomic E-state index is -0.399. The summed E-state index contributed by atoms with van der Waals surface area (Å²) in [5.41, 5.74) is 2.62. The quantitative estimate of drug-likeness (QED) is 0.633. The van der Waals surface area contributed by atoms with Gasteiger partial charge in [0.25, 0.3) is 0 Å². The largest absolute Gasteiger partial charge is 0.316 e. The van der Waals surface area contributed by atoms with E-state index < -0.39 is 5.82 Å². The predicted octanol–water partition coefficient (Wildman–Crippen LogP) is 1.26. The number of pyridine rings is 1. The van der Waals surface area contributed by atoms with Crippen LogP contribution in [0.3, 0.4) is 0 Å². The van der Waals surface area contributed by atoms with Crippen molar-refractivity contribution in [2.45, 2.75) is 13.0 Å². The molecule has 3 nitrogen and oxygen atoms in total. The molecule has 0 aliphatic rings. The second-order valence-corrected chi connectivity index (χ2v) is 2.29. The van der Waals surface area contributed by atoms with Crippen LogP contribution in [-0.2, 0) is 0 Å². The first kappa shape index (κ1) is 8.10. The van der Waals surface area contributed by atoms with Gasteiger partial charge in [0, 0.05) is 6.20 Å². The Labute approximate surface area is 63.8 Å². The zero-order valence-corrected chi connectivity index (χ0v) is 6.08. The molecule has 1 unspecified atom stereocenters. The van der Waals surface area contributed by atoms with Gasteiger partial charge in [0.05, 0.1) is 12.2 Å². The van der Waals surface area contributed by atoms with Crippen molar-refractivity contribution in [3.8, 4) is 0 Å². The Hall–Kier alpha value is -1.00. The molecule has 0 aromatic carbocycles. The standard InChI is InChI=1S/C7H9FN2O/c1-5(10-11)6-2-7(8)4-9-3-6/h2-5,10-11H,1H3. The van der Waals surface area contributed by atoms with E-state index >= 15 is 0 Å². The Morgan fingerprint density at radius 1 is 1.64 bits per heavy atom. The Bertz CT molecular complexity index is 242. The lowest BCUT2D eigenvalue weighted by Gasteiger charge is -2.07. The van der Waals surface area contributed by atoms with Gasteiger partial charge < -0.3 is 5.21 Å². The van der Waals surface area contributed by atoms with Gasteiger partial charge in [-0.3, -0.25) is 4.98 Å². The minimum Gasteiger partial charge on any atom is -0.316 e. The molecule has 1 aromatic heterocycles. The molecule has 60 valence electrons. The highest BCUT2D eigenvalue weighted by Gasteiger charge is 2.03. The number of nitrogens with zero attached hydrogens (tertiary/aromatic N) is 1. The van der Waals surface area contributed by atoms with Crippen LogP contribution in [-0.4, -0.2) is 10.2 Å². The highest BCUT2D eigenvalue weighted by atomic mass is 19.1. The van der Waals surface area contributed by atoms with Crippen LogP contribution in [0.5, 0.6) is 0 Å². The van der Waals surface area contributed by atoms with E-state index in [9.17, 15) is 4.39 Å². The molecule has 1 heterocycles. The second kappa shape index (κ2) is 3.41. The van der Waals surface area contributed by atoms with E-state index in [2.05, 4.69) is 4.98 Å². The molecule has 11 heavy (non-hydrogen) atoms. The molecule has 2 N–H and O–H groups in total. The molecule has 0 saturated heterocycles. The summed E-state index contributed by atoms with van der Waals surface area (Å²) >= 11 is 0. The van der Waals surface area contributed by atoms with Gasteiger partial charge in [-0.15, -0.1) is 0 Å². The summed E-state index contributed by atoms with van der Waals surface area (Å²) < 4.78 is 12.5. The van der Waals surface area contributed by atoms with Gasteiger partial charge in [-0.2, -0.15) is 5.48 Å². The minimum absolute atomic E-state index is 0.293. The van der Waals surface area contributed by atoms with Crippen LogP contribution < -0.4 is 5.48 Å². The summed E-state index contributed by atoms with van der Waals surface area (Å²) in [6.45, 7) is 1.70. The van der Waals surface area contributed by atoms with Crippen molar-refractivity contribution >= 4 is 0 Å². The van der Waals surface area contributed by atoms with E-state index in [-0.39, 0.29) is 6.04 Å². The van der Waals surface area contributed by atoms with Crippen molar-refractivity contribution in [2.24, 2.45) is 0 Å². The SMILES string of the molecule is CC(NO)c1cncc(F)c1. The van der Waals surface area contributed by atoms with Gasteiger partial charge in [0.15, 0.2) is 0 Å². The van der Waals surface area contributed by atoms with E-state index in [1.807, 2.05) is 5.48 Å². The fourth-order valence-electron chi connectivity index (χ4n) is 0.740. The van der Waals surface area contributed by atoms with Crippen molar-refractivity contribution in [1.82, 2.24) is 10.5 Å². The zero-order valence-electron chi connectivity index (χ0n) is 6.08. The van der Waals surface area contributed by atoms with Gasteiger partial charge in [0.2, 0.25) is 0 Å². The molecule has 0 saturated carbocycles. The number of hydrogen-bond donors (Lipinski definition) is 2. The molecule has 1 aromatic rings. The van der Waals surface area contributed by atoms with E-state index in [0.717, 1.165) is 6.20 Å². The number of aromatic nitrogens is 1. The lowest BCUT2D eigenvalue weighted by Crippen LogP contribution is -2.13. The molecule has 0 fully saturated rings. The first-order valence-electron chi connectivity index (χ1n) is 3.24. The van der Waals surface area contributed by atoms with Crippen LogP contribution in [0, 0.1) is 5.82 Å². The van der Waals surface area contributed by atoms with Crippen molar-refractivity contribution in [3.63, 3.8) is 0 Å². The Balaban J connectivity index is 2.86. The molecule has 4 heteroatoms. The summed E-state index contributed by atoms with van der Waals surface area (Å²) in [4.78, 5) is 3.63. The van der Waals surface area contributed by atoms with E-state index in [0.29, 0.717) is 5.56 Å². The number of nitrogens with one attached hydrogen (secondary N) is 1. The maximum Gasteiger partial charge on any atom is 0.141 e. The third-order valence-electron chi connectivity index (χ3n) is 1.42. The summed E-state index contributed by atoms with van der Waals surface area (Å²) in [5, 5.41) is 8.48. The fourth-order valence-corrected chi connectivity index (χ4v) is 0.740. The molecule has 0 bridgehead atoms. The smallest absolute Gasteiger partial charge is 0.141 e. The molecule has 0 amide bonds. The Kier molecular flexibility index (Phi) is 2.51. The highest BCUT2D eigenvalue weighted by molar-refractivity contribution is 5.13. The molecular formula is C7H9FN2O. The third kappa shape index (κ3) is 1.96. The van der Waals surface area contributed by atoms with E-state index in [4.69, 9.17) is 5.21 Å². The summed E-state index contributed by atoms with van der Waals surface area (Å²) in [6, 6.07) is 1.03. The van der Waals surface area contributed by atoms with E-state index in [1.165, 1.54) is 12.3 Å². The van der Waals surface area contributed by atoms with Crippen LogP contribution in [0.1, 0.15) is 18.5 Å². The molecule has 0 radical (unpaired) electrons. The number of hydroxylamine groups is 1. The van der Waals surface area contributed by atoms with Crippen LogP contribution in [0.4, 0.5) is 4.39 Å². The number of hydrogen-bond acceptors (Lipinski definition) is 3. The third-order valence-corrected chi connectivity index (χ3v) is 1.42. The van der Waals surface area contributed by atoms with E-state index in [1.54, 1.807) is 6.92 Å². The topological polar surface area (TPSA) is 45.1 Å². The average Bonchev–Trinajstić information content (AvgIpc) is 2.03. The van der Waals surface area contributed by atoms with Crippen LogP contribution in [0.2, 0.25) is 0 Å². The van der Waals surface area contributed by atoms with Crippen molar-refractivity contribution in [2.75, 3.05) is 0 Å². The predicted molar refractivity (Wildman–Crippen MR) is 37.5 cm³/mol. The van der Waals surface area contributed by atoms with Crippen LogP contribution in [0.25, 0.3) is 0 Å². The zero-order chi connectivity index (χ0) is 8.27. The summed E-state index contributed by atoms with van der Waals surface area (Å²) in [6.07, 6.45) is 2.62. The van der Waals surface area contributed by atoms with Gasteiger partial charge in [-0.25, -0.2) is 4.39 Å². The highest BCUT2D eigenvalue weighted by Crippen LogP contribution is 2.10. The maximum absolute atomic E-state index is 12.5. The lowest BCUT2D eigenvalue weighted by molar-refractivity contribution is 0.133. The van der Waals surface area contributed by atoms with Crippen LogP contribution in [0.15, 0.2) is 18.5 Å². The molecule has 0 spiro atoms. The monoisotopic (exact) mass is 156 g/mol. The number of rotatable bonds is 2. The van der Waals surface area contributed by atoms with Gasteiger partial charge in [-0.1, -0.05) is 0 Å². The van der Waals surface area contributed by atoms with Crippen molar-refractivity contribution in [1.29, 1.82) is 0 Å². The molecule has 0 aliphatic carbocycles. The average molecular weight is 156 g/mol.